The summed E-state index contributed by atoms with van der Waals surface area (Å²) in [6.45, 7) is 0. The Hall–Kier alpha value is -7.76. The molecule has 0 radical (unpaired) electrons. The van der Waals surface area contributed by atoms with Crippen LogP contribution in [0.15, 0.2) is 206 Å². The molecule has 0 unspecified atom stereocenters. The van der Waals surface area contributed by atoms with E-state index in [-0.39, 0.29) is 0 Å². The van der Waals surface area contributed by atoms with Crippen LogP contribution in [0.5, 0.6) is 0 Å². The molecule has 4 heteroatoms. The number of hydrogen-bond acceptors (Lipinski definition) is 2. The van der Waals surface area contributed by atoms with Crippen LogP contribution in [0.4, 0.5) is 0 Å². The van der Waals surface area contributed by atoms with Crippen LogP contribution in [0.1, 0.15) is 22.3 Å². The average Bonchev–Trinajstić information content (AvgIpc) is 4.20. The van der Waals surface area contributed by atoms with Gasteiger partial charge in [0.15, 0.2) is 0 Å². The molecule has 16 rings (SSSR count). The summed E-state index contributed by atoms with van der Waals surface area (Å²) in [7, 11) is 0. The minimum atomic E-state index is -0.529. The van der Waals surface area contributed by atoms with Crippen molar-refractivity contribution in [2.45, 2.75) is 5.41 Å². The molecule has 4 heterocycles. The van der Waals surface area contributed by atoms with Crippen LogP contribution in [-0.2, 0) is 5.41 Å². The van der Waals surface area contributed by atoms with E-state index >= 15 is 0 Å². The van der Waals surface area contributed by atoms with Crippen molar-refractivity contribution in [1.29, 1.82) is 0 Å². The van der Waals surface area contributed by atoms with Gasteiger partial charge in [-0.3, -0.25) is 0 Å². The smallest absolute Gasteiger partial charge is 0.0727 e. The Labute approximate surface area is 381 Å². The molecule has 14 aromatic rings. The summed E-state index contributed by atoms with van der Waals surface area (Å²) in [6, 6.07) is 78.1. The van der Waals surface area contributed by atoms with Crippen molar-refractivity contribution in [3.05, 3.63) is 229 Å². The molecule has 1 spiro atoms. The molecule has 4 aromatic heterocycles. The van der Waals surface area contributed by atoms with E-state index in [9.17, 15) is 0 Å². The van der Waals surface area contributed by atoms with Crippen molar-refractivity contribution in [3.63, 3.8) is 0 Å². The van der Waals surface area contributed by atoms with Gasteiger partial charge in [-0.05, 0) is 105 Å². The van der Waals surface area contributed by atoms with Gasteiger partial charge in [-0.2, -0.15) is 0 Å². The highest BCUT2D eigenvalue weighted by Crippen LogP contribution is 2.63. The second-order valence-electron chi connectivity index (χ2n) is 17.9. The van der Waals surface area contributed by atoms with E-state index < -0.39 is 5.41 Å². The van der Waals surface area contributed by atoms with Gasteiger partial charge in [-0.1, -0.05) is 146 Å². The fourth-order valence-corrected chi connectivity index (χ4v) is 14.9. The predicted molar refractivity (Wildman–Crippen MR) is 277 cm³/mol. The Bertz CT molecular complexity index is 4150. The van der Waals surface area contributed by atoms with E-state index in [1.54, 1.807) is 0 Å². The largest absolute Gasteiger partial charge is 0.309 e. The third-order valence-corrected chi connectivity index (χ3v) is 17.3. The molecule has 0 saturated carbocycles. The van der Waals surface area contributed by atoms with Gasteiger partial charge in [-0.15, -0.1) is 22.7 Å². The molecule has 2 nitrogen and oxygen atoms in total. The second-order valence-corrected chi connectivity index (χ2v) is 20.0. The van der Waals surface area contributed by atoms with Crippen LogP contribution in [0.25, 0.3) is 118 Å². The van der Waals surface area contributed by atoms with Gasteiger partial charge < -0.3 is 9.13 Å². The lowest BCUT2D eigenvalue weighted by Crippen LogP contribution is -2.26. The molecule has 0 aliphatic heterocycles. The minimum absolute atomic E-state index is 0.529. The minimum Gasteiger partial charge on any atom is -0.309 e. The van der Waals surface area contributed by atoms with Gasteiger partial charge in [0, 0.05) is 73.3 Å². The number of fused-ring (bicyclic) bond motifs is 24. The molecule has 0 atom stereocenters. The Morgan fingerprint density at radius 3 is 1.18 bits per heavy atom. The zero-order valence-electron chi connectivity index (χ0n) is 34.8. The van der Waals surface area contributed by atoms with E-state index in [1.807, 2.05) is 22.7 Å². The fourth-order valence-electron chi connectivity index (χ4n) is 12.4. The van der Waals surface area contributed by atoms with Gasteiger partial charge in [-0.25, -0.2) is 0 Å². The summed E-state index contributed by atoms with van der Waals surface area (Å²) in [5, 5.41) is 10.6. The maximum absolute atomic E-state index is 2.54. The lowest BCUT2D eigenvalue weighted by Gasteiger charge is -2.31. The molecule has 65 heavy (non-hydrogen) atoms. The number of rotatable bonds is 2. The number of benzene rings is 10. The molecule has 2 aliphatic rings. The van der Waals surface area contributed by atoms with Crippen molar-refractivity contribution >= 4 is 107 Å². The molecule has 0 bridgehead atoms. The first kappa shape index (κ1) is 34.7. The molecule has 2 aliphatic carbocycles. The summed E-state index contributed by atoms with van der Waals surface area (Å²) in [6.07, 6.45) is 0. The maximum atomic E-state index is 2.54. The molecular formula is C61H34N2S2. The van der Waals surface area contributed by atoms with Crippen molar-refractivity contribution in [1.82, 2.24) is 9.13 Å². The topological polar surface area (TPSA) is 9.86 Å². The summed E-state index contributed by atoms with van der Waals surface area (Å²) in [5.41, 5.74) is 17.3. The highest BCUT2D eigenvalue weighted by atomic mass is 32.1. The number of thiophene rings is 2. The fraction of sp³-hybridized carbons (Fsp3) is 0.0164. The molecule has 0 amide bonds. The van der Waals surface area contributed by atoms with Crippen LogP contribution < -0.4 is 0 Å². The van der Waals surface area contributed by atoms with Crippen molar-refractivity contribution < 1.29 is 0 Å². The third-order valence-electron chi connectivity index (χ3n) is 14.9. The van der Waals surface area contributed by atoms with E-state index in [2.05, 4.69) is 215 Å². The van der Waals surface area contributed by atoms with Crippen LogP contribution in [-0.4, -0.2) is 9.13 Å². The SMILES string of the molecule is c1ccc2c(c1)-c1ccccc1C21c2cc(-n3c4ccccc4c4c5sc6ccccc6c5ccc43)ccc2-c2ccc(-n3c4ccccc4c4c5sc6ccccc6c5ccc43)cc21. The average molecular weight is 859 g/mol. The number of hydrogen-bond donors (Lipinski definition) is 0. The summed E-state index contributed by atoms with van der Waals surface area (Å²) in [5.74, 6) is 0. The Balaban J connectivity index is 0.987. The van der Waals surface area contributed by atoms with Crippen molar-refractivity contribution in [2.75, 3.05) is 0 Å². The standard InChI is InChI=1S/C61H34N2S2/c1-7-19-47-37(13-1)38-14-2-8-20-48(38)61(47)49-33-35(62-51-21-9-3-17-45(51)57-53(62)31-29-43-41-15-5-11-23-55(41)64-59(43)57)25-27-39(49)40-28-26-36(34-50(40)61)63-52-22-10-4-18-46(52)58-54(63)32-30-44-42-16-6-12-24-56(42)65-60(44)58/h1-34H. The van der Waals surface area contributed by atoms with Crippen LogP contribution in [0, 0.1) is 0 Å². The summed E-state index contributed by atoms with van der Waals surface area (Å²) < 4.78 is 10.4. The molecular weight excluding hydrogens is 825 g/mol. The normalized spacial score (nSPS) is 13.7. The van der Waals surface area contributed by atoms with Crippen LogP contribution in [0.2, 0.25) is 0 Å². The quantitative estimate of drug-likeness (QED) is 0.164. The molecule has 300 valence electrons. The Morgan fingerprint density at radius 1 is 0.292 bits per heavy atom. The van der Waals surface area contributed by atoms with E-state index in [0.717, 1.165) is 0 Å². The molecule has 0 fully saturated rings. The highest BCUT2D eigenvalue weighted by molar-refractivity contribution is 7.27. The van der Waals surface area contributed by atoms with Crippen molar-refractivity contribution in [3.8, 4) is 33.6 Å². The lowest BCUT2D eigenvalue weighted by molar-refractivity contribution is 0.791. The van der Waals surface area contributed by atoms with Crippen LogP contribution in [0.3, 0.4) is 0 Å². The van der Waals surface area contributed by atoms with E-state index in [1.165, 1.54) is 140 Å². The van der Waals surface area contributed by atoms with Gasteiger partial charge in [0.25, 0.3) is 0 Å². The maximum Gasteiger partial charge on any atom is 0.0727 e. The van der Waals surface area contributed by atoms with E-state index in [4.69, 9.17) is 0 Å². The zero-order chi connectivity index (χ0) is 42.1. The third kappa shape index (κ3) is 4.21. The second kappa shape index (κ2) is 12.3. The molecule has 0 saturated heterocycles. The summed E-state index contributed by atoms with van der Waals surface area (Å²) >= 11 is 3.83. The van der Waals surface area contributed by atoms with Crippen molar-refractivity contribution in [2.24, 2.45) is 0 Å². The van der Waals surface area contributed by atoms with Gasteiger partial charge >= 0.3 is 0 Å². The Kier molecular flexibility index (Phi) is 6.55. The van der Waals surface area contributed by atoms with Gasteiger partial charge in [0.05, 0.1) is 27.5 Å². The van der Waals surface area contributed by atoms with Gasteiger partial charge in [0.2, 0.25) is 0 Å². The summed E-state index contributed by atoms with van der Waals surface area (Å²) in [4.78, 5) is 0. The number of nitrogens with zero attached hydrogens (tertiary/aromatic N) is 2. The lowest BCUT2D eigenvalue weighted by atomic mass is 9.70. The molecule has 0 N–H and O–H groups in total. The first-order chi connectivity index (χ1) is 32.3. The molecule has 10 aromatic carbocycles. The predicted octanol–water partition coefficient (Wildman–Crippen LogP) is 17.0. The monoisotopic (exact) mass is 858 g/mol. The number of aromatic nitrogens is 2. The highest BCUT2D eigenvalue weighted by Gasteiger charge is 2.52. The van der Waals surface area contributed by atoms with Gasteiger partial charge in [0.1, 0.15) is 0 Å². The Morgan fingerprint density at radius 2 is 0.692 bits per heavy atom. The van der Waals surface area contributed by atoms with E-state index in [0.29, 0.717) is 0 Å². The van der Waals surface area contributed by atoms with Crippen LogP contribution >= 0.6 is 22.7 Å². The number of para-hydroxylation sites is 2. The first-order valence-electron chi connectivity index (χ1n) is 22.4. The first-order valence-corrected chi connectivity index (χ1v) is 24.1. The zero-order valence-corrected chi connectivity index (χ0v) is 36.5.